The smallest absolute Gasteiger partial charge is 0.303 e. The van der Waals surface area contributed by atoms with E-state index in [0.717, 1.165) is 32.1 Å². The molecule has 0 atom stereocenters. The molecule has 2 rings (SSSR count). The van der Waals surface area contributed by atoms with E-state index in [1.807, 2.05) is 0 Å². The van der Waals surface area contributed by atoms with Gasteiger partial charge in [0, 0.05) is 6.42 Å². The predicted octanol–water partition coefficient (Wildman–Crippen LogP) is 4.42. The molecule has 0 fully saturated rings. The van der Waals surface area contributed by atoms with Crippen LogP contribution in [0.15, 0.2) is 42.5 Å². The SMILES string of the molecule is O=C(O)CCCCCCc1cccc2ccccc12. The van der Waals surface area contributed by atoms with Crippen molar-refractivity contribution in [2.24, 2.45) is 0 Å². The Bertz CT molecular complexity index is 540. The van der Waals surface area contributed by atoms with Crippen LogP contribution in [-0.2, 0) is 11.2 Å². The second kappa shape index (κ2) is 6.93. The highest BCUT2D eigenvalue weighted by molar-refractivity contribution is 5.85. The van der Waals surface area contributed by atoms with Gasteiger partial charge in [-0.1, -0.05) is 55.3 Å². The third-order valence-corrected chi connectivity index (χ3v) is 3.47. The zero-order valence-electron chi connectivity index (χ0n) is 11.1. The summed E-state index contributed by atoms with van der Waals surface area (Å²) in [7, 11) is 0. The first-order valence-corrected chi connectivity index (χ1v) is 6.96. The largest absolute Gasteiger partial charge is 0.481 e. The van der Waals surface area contributed by atoms with E-state index in [4.69, 9.17) is 5.11 Å². The van der Waals surface area contributed by atoms with Crippen molar-refractivity contribution in [2.75, 3.05) is 0 Å². The molecule has 2 aromatic carbocycles. The standard InChI is InChI=1S/C17H20O2/c18-17(19)13-4-2-1-3-8-14-10-7-11-15-9-5-6-12-16(14)15/h5-7,9-12H,1-4,8,13H2,(H,18,19). The molecule has 0 aliphatic rings. The summed E-state index contributed by atoms with van der Waals surface area (Å²) in [6.45, 7) is 0. The molecule has 19 heavy (non-hydrogen) atoms. The van der Waals surface area contributed by atoms with E-state index in [9.17, 15) is 4.79 Å². The van der Waals surface area contributed by atoms with Crippen LogP contribution in [0.4, 0.5) is 0 Å². The van der Waals surface area contributed by atoms with Crippen LogP contribution in [0, 0.1) is 0 Å². The van der Waals surface area contributed by atoms with Crippen LogP contribution in [0.5, 0.6) is 0 Å². The minimum Gasteiger partial charge on any atom is -0.481 e. The number of aryl methyl sites for hydroxylation is 1. The van der Waals surface area contributed by atoms with Gasteiger partial charge in [0.25, 0.3) is 0 Å². The molecular formula is C17H20O2. The minimum absolute atomic E-state index is 0.300. The van der Waals surface area contributed by atoms with E-state index in [1.165, 1.54) is 16.3 Å². The van der Waals surface area contributed by atoms with Crippen LogP contribution in [0.25, 0.3) is 10.8 Å². The van der Waals surface area contributed by atoms with Gasteiger partial charge in [-0.25, -0.2) is 0 Å². The van der Waals surface area contributed by atoms with Gasteiger partial charge in [-0.3, -0.25) is 4.79 Å². The van der Waals surface area contributed by atoms with Crippen molar-refractivity contribution in [1.29, 1.82) is 0 Å². The summed E-state index contributed by atoms with van der Waals surface area (Å²) < 4.78 is 0. The van der Waals surface area contributed by atoms with Crippen LogP contribution in [0.1, 0.15) is 37.7 Å². The van der Waals surface area contributed by atoms with Gasteiger partial charge in [0.15, 0.2) is 0 Å². The monoisotopic (exact) mass is 256 g/mol. The van der Waals surface area contributed by atoms with Gasteiger partial charge in [0.2, 0.25) is 0 Å². The Morgan fingerprint density at radius 2 is 1.63 bits per heavy atom. The second-order valence-electron chi connectivity index (χ2n) is 4.95. The van der Waals surface area contributed by atoms with Crippen molar-refractivity contribution < 1.29 is 9.90 Å². The summed E-state index contributed by atoms with van der Waals surface area (Å²) in [5.74, 6) is -0.686. The van der Waals surface area contributed by atoms with E-state index in [2.05, 4.69) is 42.5 Å². The number of fused-ring (bicyclic) bond motifs is 1. The van der Waals surface area contributed by atoms with Crippen molar-refractivity contribution in [1.82, 2.24) is 0 Å². The molecule has 0 aliphatic carbocycles. The quantitative estimate of drug-likeness (QED) is 0.745. The van der Waals surface area contributed by atoms with Crippen LogP contribution in [-0.4, -0.2) is 11.1 Å². The molecule has 2 heteroatoms. The summed E-state index contributed by atoms with van der Waals surface area (Å²) in [6.07, 6.45) is 5.43. The molecular weight excluding hydrogens is 236 g/mol. The number of hydrogen-bond acceptors (Lipinski definition) is 1. The topological polar surface area (TPSA) is 37.3 Å². The summed E-state index contributed by atoms with van der Waals surface area (Å²) in [5.41, 5.74) is 1.40. The van der Waals surface area contributed by atoms with Crippen molar-refractivity contribution in [3.63, 3.8) is 0 Å². The Balaban J connectivity index is 1.83. The lowest BCUT2D eigenvalue weighted by molar-refractivity contribution is -0.137. The molecule has 2 nitrogen and oxygen atoms in total. The van der Waals surface area contributed by atoms with Gasteiger partial charge in [0.05, 0.1) is 0 Å². The number of unbranched alkanes of at least 4 members (excludes halogenated alkanes) is 3. The highest BCUT2D eigenvalue weighted by atomic mass is 16.4. The summed E-state index contributed by atoms with van der Waals surface area (Å²) in [4.78, 5) is 10.4. The van der Waals surface area contributed by atoms with E-state index in [-0.39, 0.29) is 0 Å². The first-order chi connectivity index (χ1) is 9.27. The van der Waals surface area contributed by atoms with Crippen molar-refractivity contribution in [2.45, 2.75) is 38.5 Å². The maximum Gasteiger partial charge on any atom is 0.303 e. The highest BCUT2D eigenvalue weighted by Crippen LogP contribution is 2.20. The summed E-state index contributed by atoms with van der Waals surface area (Å²) in [5, 5.41) is 11.2. The fraction of sp³-hybridized carbons (Fsp3) is 0.353. The van der Waals surface area contributed by atoms with Gasteiger partial charge in [0.1, 0.15) is 0 Å². The molecule has 0 saturated carbocycles. The molecule has 0 bridgehead atoms. The number of benzene rings is 2. The van der Waals surface area contributed by atoms with Crippen molar-refractivity contribution in [3.8, 4) is 0 Å². The molecule has 0 saturated heterocycles. The maximum absolute atomic E-state index is 10.4. The zero-order valence-corrected chi connectivity index (χ0v) is 11.1. The Hall–Kier alpha value is -1.83. The molecule has 0 spiro atoms. The summed E-state index contributed by atoms with van der Waals surface area (Å²) >= 11 is 0. The van der Waals surface area contributed by atoms with Crippen molar-refractivity contribution >= 4 is 16.7 Å². The molecule has 0 aliphatic heterocycles. The van der Waals surface area contributed by atoms with E-state index < -0.39 is 5.97 Å². The molecule has 2 aromatic rings. The lowest BCUT2D eigenvalue weighted by atomic mass is 9.99. The average Bonchev–Trinajstić information content (AvgIpc) is 2.42. The number of rotatable bonds is 7. The Kier molecular flexibility index (Phi) is 4.96. The Morgan fingerprint density at radius 3 is 2.47 bits per heavy atom. The number of carboxylic acids is 1. The van der Waals surface area contributed by atoms with Crippen LogP contribution in [0.3, 0.4) is 0 Å². The lowest BCUT2D eigenvalue weighted by Gasteiger charge is -2.06. The lowest BCUT2D eigenvalue weighted by Crippen LogP contribution is -1.94. The van der Waals surface area contributed by atoms with Gasteiger partial charge < -0.3 is 5.11 Å². The van der Waals surface area contributed by atoms with Crippen LogP contribution >= 0.6 is 0 Å². The Morgan fingerprint density at radius 1 is 0.895 bits per heavy atom. The third-order valence-electron chi connectivity index (χ3n) is 3.47. The molecule has 0 heterocycles. The molecule has 1 N–H and O–H groups in total. The molecule has 0 aromatic heterocycles. The first-order valence-electron chi connectivity index (χ1n) is 6.96. The maximum atomic E-state index is 10.4. The summed E-state index contributed by atoms with van der Waals surface area (Å²) in [6, 6.07) is 14.9. The molecule has 0 amide bonds. The average molecular weight is 256 g/mol. The van der Waals surface area contributed by atoms with Crippen LogP contribution < -0.4 is 0 Å². The van der Waals surface area contributed by atoms with Crippen LogP contribution in [0.2, 0.25) is 0 Å². The van der Waals surface area contributed by atoms with Crippen molar-refractivity contribution in [3.05, 3.63) is 48.0 Å². The number of carboxylic acid groups (broad SMARTS) is 1. The first kappa shape index (κ1) is 13.6. The van der Waals surface area contributed by atoms with Gasteiger partial charge >= 0.3 is 5.97 Å². The zero-order chi connectivity index (χ0) is 13.5. The second-order valence-corrected chi connectivity index (χ2v) is 4.95. The molecule has 100 valence electrons. The van der Waals surface area contributed by atoms with E-state index in [0.29, 0.717) is 6.42 Å². The fourth-order valence-electron chi connectivity index (χ4n) is 2.46. The van der Waals surface area contributed by atoms with E-state index in [1.54, 1.807) is 0 Å². The third kappa shape index (κ3) is 4.09. The Labute approximate surface area is 114 Å². The van der Waals surface area contributed by atoms with Gasteiger partial charge in [-0.05, 0) is 35.6 Å². The highest BCUT2D eigenvalue weighted by Gasteiger charge is 2.01. The van der Waals surface area contributed by atoms with E-state index >= 15 is 0 Å². The number of hydrogen-bond donors (Lipinski definition) is 1. The van der Waals surface area contributed by atoms with Gasteiger partial charge in [-0.15, -0.1) is 0 Å². The number of carbonyl (C=O) groups is 1. The number of aliphatic carboxylic acids is 1. The van der Waals surface area contributed by atoms with Gasteiger partial charge in [-0.2, -0.15) is 0 Å². The normalized spacial score (nSPS) is 10.7. The fourth-order valence-corrected chi connectivity index (χ4v) is 2.46. The molecule has 0 unspecified atom stereocenters. The minimum atomic E-state index is -0.686. The predicted molar refractivity (Wildman–Crippen MR) is 78.4 cm³/mol. The molecule has 0 radical (unpaired) electrons.